The molecule has 1 aromatic rings. The van der Waals surface area contributed by atoms with E-state index in [0.717, 1.165) is 5.56 Å². The lowest BCUT2D eigenvalue weighted by molar-refractivity contribution is 0.0130. The average molecular weight is 322 g/mol. The highest BCUT2D eigenvalue weighted by molar-refractivity contribution is 6.35. The van der Waals surface area contributed by atoms with Gasteiger partial charge in [0, 0.05) is 29.7 Å². The predicted octanol–water partition coefficient (Wildman–Crippen LogP) is 2.67. The number of halogens is 2. The summed E-state index contributed by atoms with van der Waals surface area (Å²) in [4.78, 5) is 0. The van der Waals surface area contributed by atoms with Crippen molar-refractivity contribution in [3.63, 3.8) is 0 Å². The Morgan fingerprint density at radius 2 is 2.05 bits per heavy atom. The number of rotatable bonds is 9. The molecule has 0 spiro atoms. The molecule has 0 aliphatic rings. The minimum absolute atomic E-state index is 0.0217. The van der Waals surface area contributed by atoms with E-state index in [0.29, 0.717) is 29.8 Å². The minimum atomic E-state index is -0.569. The van der Waals surface area contributed by atoms with Crippen LogP contribution in [-0.4, -0.2) is 44.7 Å². The number of nitrogens with one attached hydrogen (secondary N) is 1. The second-order valence-electron chi connectivity index (χ2n) is 4.52. The molecule has 0 fully saturated rings. The Balaban J connectivity index is 2.33. The molecule has 4 nitrogen and oxygen atoms in total. The summed E-state index contributed by atoms with van der Waals surface area (Å²) < 4.78 is 10.1. The number of aliphatic hydroxyl groups excluding tert-OH is 1. The smallest absolute Gasteiger partial charge is 0.0897 e. The van der Waals surface area contributed by atoms with E-state index in [4.69, 9.17) is 32.7 Å². The summed E-state index contributed by atoms with van der Waals surface area (Å²) in [6.45, 7) is 3.68. The molecule has 0 saturated carbocycles. The van der Waals surface area contributed by atoms with Gasteiger partial charge in [-0.15, -0.1) is 0 Å². The largest absolute Gasteiger partial charge is 0.389 e. The van der Waals surface area contributed by atoms with Crippen molar-refractivity contribution >= 4 is 23.2 Å². The van der Waals surface area contributed by atoms with Gasteiger partial charge in [0.1, 0.15) is 0 Å². The summed E-state index contributed by atoms with van der Waals surface area (Å²) in [5.74, 6) is 0. The number of benzene rings is 1. The fourth-order valence-corrected chi connectivity index (χ4v) is 2.27. The van der Waals surface area contributed by atoms with Crippen molar-refractivity contribution in [3.8, 4) is 0 Å². The molecule has 0 aromatic heterocycles. The van der Waals surface area contributed by atoms with Crippen molar-refractivity contribution in [2.45, 2.75) is 19.1 Å². The topological polar surface area (TPSA) is 50.7 Å². The molecule has 0 heterocycles. The van der Waals surface area contributed by atoms with Crippen LogP contribution in [-0.2, 0) is 9.47 Å². The van der Waals surface area contributed by atoms with Crippen LogP contribution in [0.3, 0.4) is 0 Å². The molecule has 1 rings (SSSR count). The van der Waals surface area contributed by atoms with Gasteiger partial charge in [0.2, 0.25) is 0 Å². The first kappa shape index (κ1) is 17.7. The SMILES string of the molecule is COCCOCC(O)CNC(C)c1ccc(Cl)cc1Cl. The van der Waals surface area contributed by atoms with Gasteiger partial charge in [0.25, 0.3) is 0 Å². The highest BCUT2D eigenvalue weighted by atomic mass is 35.5. The Bertz CT molecular complexity index is 404. The van der Waals surface area contributed by atoms with E-state index < -0.39 is 6.10 Å². The maximum atomic E-state index is 9.78. The van der Waals surface area contributed by atoms with Gasteiger partial charge in [-0.2, -0.15) is 0 Å². The molecule has 0 radical (unpaired) electrons. The molecule has 114 valence electrons. The zero-order chi connectivity index (χ0) is 15.0. The molecular formula is C14H21Cl2NO3. The summed E-state index contributed by atoms with van der Waals surface area (Å²) in [6.07, 6.45) is -0.569. The Labute approximate surface area is 130 Å². The molecule has 20 heavy (non-hydrogen) atoms. The average Bonchev–Trinajstić information content (AvgIpc) is 2.41. The molecule has 0 bridgehead atoms. The molecular weight excluding hydrogens is 301 g/mol. The van der Waals surface area contributed by atoms with Gasteiger partial charge >= 0.3 is 0 Å². The third kappa shape index (κ3) is 6.39. The van der Waals surface area contributed by atoms with E-state index in [1.54, 1.807) is 19.2 Å². The van der Waals surface area contributed by atoms with Crippen LogP contribution in [0.15, 0.2) is 18.2 Å². The first-order chi connectivity index (χ1) is 9.54. The summed E-state index contributed by atoms with van der Waals surface area (Å²) in [5.41, 5.74) is 0.948. The molecule has 2 atom stereocenters. The number of aliphatic hydroxyl groups is 1. The van der Waals surface area contributed by atoms with Crippen molar-refractivity contribution < 1.29 is 14.6 Å². The predicted molar refractivity (Wildman–Crippen MR) is 81.6 cm³/mol. The van der Waals surface area contributed by atoms with Crippen LogP contribution in [0.4, 0.5) is 0 Å². The van der Waals surface area contributed by atoms with Crippen LogP contribution in [0.2, 0.25) is 10.0 Å². The van der Waals surface area contributed by atoms with E-state index >= 15 is 0 Å². The second kappa shape index (κ2) is 9.55. The Morgan fingerprint density at radius 3 is 2.70 bits per heavy atom. The van der Waals surface area contributed by atoms with Crippen molar-refractivity contribution in [3.05, 3.63) is 33.8 Å². The number of hydrogen-bond acceptors (Lipinski definition) is 4. The summed E-state index contributed by atoms with van der Waals surface area (Å²) in [7, 11) is 1.61. The fraction of sp³-hybridized carbons (Fsp3) is 0.571. The van der Waals surface area contributed by atoms with E-state index in [2.05, 4.69) is 5.32 Å². The molecule has 2 N–H and O–H groups in total. The summed E-state index contributed by atoms with van der Waals surface area (Å²) in [5, 5.41) is 14.2. The van der Waals surface area contributed by atoms with Crippen LogP contribution >= 0.6 is 23.2 Å². The van der Waals surface area contributed by atoms with Crippen LogP contribution in [0.25, 0.3) is 0 Å². The standard InChI is InChI=1S/C14H21Cl2NO3/c1-10(13-4-3-11(15)7-14(13)16)17-8-12(18)9-20-6-5-19-2/h3-4,7,10,12,17-18H,5-6,8-9H2,1-2H3. The molecule has 6 heteroatoms. The van der Waals surface area contributed by atoms with Gasteiger partial charge in [0.15, 0.2) is 0 Å². The third-order valence-corrected chi connectivity index (χ3v) is 3.39. The Kier molecular flexibility index (Phi) is 8.45. The zero-order valence-corrected chi connectivity index (χ0v) is 13.2. The van der Waals surface area contributed by atoms with E-state index in [1.807, 2.05) is 13.0 Å². The van der Waals surface area contributed by atoms with Crippen LogP contribution < -0.4 is 5.32 Å². The van der Waals surface area contributed by atoms with Gasteiger partial charge in [0.05, 0.1) is 25.9 Å². The summed E-state index contributed by atoms with van der Waals surface area (Å²) in [6, 6.07) is 5.41. The van der Waals surface area contributed by atoms with Crippen LogP contribution in [0, 0.1) is 0 Å². The lowest BCUT2D eigenvalue weighted by Crippen LogP contribution is -2.32. The highest BCUT2D eigenvalue weighted by Crippen LogP contribution is 2.25. The number of hydrogen-bond donors (Lipinski definition) is 2. The first-order valence-electron chi connectivity index (χ1n) is 6.47. The van der Waals surface area contributed by atoms with Crippen molar-refractivity contribution in [1.29, 1.82) is 0 Å². The Morgan fingerprint density at radius 1 is 1.30 bits per heavy atom. The molecule has 0 amide bonds. The fourth-order valence-electron chi connectivity index (χ4n) is 1.70. The maximum Gasteiger partial charge on any atom is 0.0897 e. The first-order valence-corrected chi connectivity index (χ1v) is 7.23. The van der Waals surface area contributed by atoms with Crippen molar-refractivity contribution in [1.82, 2.24) is 5.32 Å². The molecule has 0 aliphatic carbocycles. The minimum Gasteiger partial charge on any atom is -0.389 e. The van der Waals surface area contributed by atoms with E-state index in [-0.39, 0.29) is 12.6 Å². The maximum absolute atomic E-state index is 9.78. The lowest BCUT2D eigenvalue weighted by Gasteiger charge is -2.18. The lowest BCUT2D eigenvalue weighted by atomic mass is 10.1. The highest BCUT2D eigenvalue weighted by Gasteiger charge is 2.12. The molecule has 1 aromatic carbocycles. The Hall–Kier alpha value is -0.360. The number of methoxy groups -OCH3 is 1. The third-order valence-electron chi connectivity index (χ3n) is 2.83. The zero-order valence-electron chi connectivity index (χ0n) is 11.7. The van der Waals surface area contributed by atoms with Crippen molar-refractivity contribution in [2.75, 3.05) is 33.5 Å². The molecule has 0 saturated heterocycles. The van der Waals surface area contributed by atoms with Crippen LogP contribution in [0.1, 0.15) is 18.5 Å². The van der Waals surface area contributed by atoms with Gasteiger partial charge in [-0.25, -0.2) is 0 Å². The van der Waals surface area contributed by atoms with E-state index in [9.17, 15) is 5.11 Å². The summed E-state index contributed by atoms with van der Waals surface area (Å²) >= 11 is 12.0. The van der Waals surface area contributed by atoms with Gasteiger partial charge in [-0.3, -0.25) is 0 Å². The quantitative estimate of drug-likeness (QED) is 0.686. The normalized spacial score (nSPS) is 14.2. The van der Waals surface area contributed by atoms with Crippen LogP contribution in [0.5, 0.6) is 0 Å². The molecule has 0 aliphatic heterocycles. The van der Waals surface area contributed by atoms with E-state index in [1.165, 1.54) is 0 Å². The molecule has 2 unspecified atom stereocenters. The van der Waals surface area contributed by atoms with Gasteiger partial charge < -0.3 is 19.9 Å². The van der Waals surface area contributed by atoms with Gasteiger partial charge in [-0.1, -0.05) is 29.3 Å². The van der Waals surface area contributed by atoms with Gasteiger partial charge in [-0.05, 0) is 24.6 Å². The number of ether oxygens (including phenoxy) is 2. The monoisotopic (exact) mass is 321 g/mol. The second-order valence-corrected chi connectivity index (χ2v) is 5.36. The van der Waals surface area contributed by atoms with Crippen molar-refractivity contribution in [2.24, 2.45) is 0 Å².